The first-order chi connectivity index (χ1) is 8.58. The topological polar surface area (TPSA) is 44.1 Å². The summed E-state index contributed by atoms with van der Waals surface area (Å²) in [6, 6.07) is 7.89. The summed E-state index contributed by atoms with van der Waals surface area (Å²) in [5.41, 5.74) is 1.87. The minimum absolute atomic E-state index is 0. The number of aliphatic hydroxyl groups is 1. The molecule has 1 fully saturated rings. The molecule has 1 saturated carbocycles. The summed E-state index contributed by atoms with van der Waals surface area (Å²) in [4.78, 5) is 0. The zero-order valence-electron chi connectivity index (χ0n) is 11.5. The standard InChI is InChI=1S/C15H20ClNO.Mg/c1-11(10-18)9-14(17)15(7-2-8-15)12-3-5-13(16)6-4-12;/h3-6,11,17-18H,2,7-10H2,1H3;/t11-;/m1./s1. The monoisotopic (exact) mass is 289 g/mol. The minimum Gasteiger partial charge on any atom is -0.396 e. The van der Waals surface area contributed by atoms with Gasteiger partial charge < -0.3 is 10.5 Å². The van der Waals surface area contributed by atoms with Crippen LogP contribution in [0.15, 0.2) is 24.3 Å². The van der Waals surface area contributed by atoms with Gasteiger partial charge in [-0.25, -0.2) is 0 Å². The zero-order chi connectivity index (χ0) is 13.2. The molecule has 0 aliphatic heterocycles. The number of halogens is 1. The van der Waals surface area contributed by atoms with Crippen LogP contribution in [0.25, 0.3) is 0 Å². The van der Waals surface area contributed by atoms with Gasteiger partial charge in [-0.2, -0.15) is 0 Å². The van der Waals surface area contributed by atoms with Gasteiger partial charge >= 0.3 is 0 Å². The highest BCUT2D eigenvalue weighted by atomic mass is 35.5. The highest BCUT2D eigenvalue weighted by Crippen LogP contribution is 2.46. The third-order valence-corrected chi connectivity index (χ3v) is 4.30. The van der Waals surface area contributed by atoms with Crippen LogP contribution in [-0.2, 0) is 5.41 Å². The number of benzene rings is 1. The van der Waals surface area contributed by atoms with Crippen LogP contribution in [0.2, 0.25) is 5.02 Å². The largest absolute Gasteiger partial charge is 0.396 e. The summed E-state index contributed by atoms with van der Waals surface area (Å²) < 4.78 is 0. The molecule has 1 aromatic carbocycles. The molecule has 2 rings (SSSR count). The van der Waals surface area contributed by atoms with Crippen LogP contribution < -0.4 is 0 Å². The van der Waals surface area contributed by atoms with Crippen molar-refractivity contribution in [3.05, 3.63) is 34.9 Å². The van der Waals surface area contributed by atoms with E-state index in [9.17, 15) is 0 Å². The highest BCUT2D eigenvalue weighted by Gasteiger charge is 2.42. The second-order valence-corrected chi connectivity index (χ2v) is 5.85. The van der Waals surface area contributed by atoms with Gasteiger partial charge in [-0.3, -0.25) is 0 Å². The van der Waals surface area contributed by atoms with E-state index in [0.717, 1.165) is 23.6 Å². The van der Waals surface area contributed by atoms with Crippen molar-refractivity contribution in [2.24, 2.45) is 5.92 Å². The number of hydrogen-bond acceptors (Lipinski definition) is 2. The van der Waals surface area contributed by atoms with E-state index < -0.39 is 0 Å². The molecule has 0 unspecified atom stereocenters. The van der Waals surface area contributed by atoms with Crippen LogP contribution in [0, 0.1) is 11.3 Å². The van der Waals surface area contributed by atoms with Crippen molar-refractivity contribution in [2.45, 2.75) is 38.0 Å². The maximum Gasteiger partial charge on any atom is 0.0460 e. The Hall–Kier alpha value is -0.0938. The molecular weight excluding hydrogens is 270 g/mol. The normalized spacial score (nSPS) is 18.1. The smallest absolute Gasteiger partial charge is 0.0460 e. The average molecular weight is 290 g/mol. The highest BCUT2D eigenvalue weighted by molar-refractivity contribution is 6.30. The fraction of sp³-hybridized carbons (Fsp3) is 0.533. The third kappa shape index (κ3) is 3.51. The zero-order valence-corrected chi connectivity index (χ0v) is 13.6. The first-order valence-electron chi connectivity index (χ1n) is 6.53. The second-order valence-electron chi connectivity index (χ2n) is 5.41. The van der Waals surface area contributed by atoms with E-state index in [1.54, 1.807) is 0 Å². The molecule has 0 spiro atoms. The Morgan fingerprint density at radius 3 is 2.37 bits per heavy atom. The van der Waals surface area contributed by atoms with E-state index >= 15 is 0 Å². The molecule has 2 nitrogen and oxygen atoms in total. The van der Waals surface area contributed by atoms with E-state index in [2.05, 4.69) is 0 Å². The van der Waals surface area contributed by atoms with E-state index in [0.29, 0.717) is 6.42 Å². The molecule has 1 aliphatic carbocycles. The van der Waals surface area contributed by atoms with Gasteiger partial charge in [0.25, 0.3) is 0 Å². The fourth-order valence-electron chi connectivity index (χ4n) is 2.67. The van der Waals surface area contributed by atoms with E-state index in [1.165, 1.54) is 12.0 Å². The van der Waals surface area contributed by atoms with Crippen LogP contribution in [-0.4, -0.2) is 40.5 Å². The lowest BCUT2D eigenvalue weighted by atomic mass is 9.60. The maximum absolute atomic E-state index is 9.13. The Balaban J connectivity index is 0.00000180. The van der Waals surface area contributed by atoms with Gasteiger partial charge in [0.1, 0.15) is 0 Å². The first-order valence-corrected chi connectivity index (χ1v) is 6.91. The molecule has 0 heterocycles. The van der Waals surface area contributed by atoms with Gasteiger partial charge in [0, 0.05) is 45.8 Å². The van der Waals surface area contributed by atoms with Gasteiger partial charge in [0.2, 0.25) is 0 Å². The lowest BCUT2D eigenvalue weighted by Crippen LogP contribution is -2.42. The lowest BCUT2D eigenvalue weighted by molar-refractivity contribution is 0.236. The van der Waals surface area contributed by atoms with Crippen molar-refractivity contribution < 1.29 is 5.11 Å². The van der Waals surface area contributed by atoms with Crippen molar-refractivity contribution in [3.63, 3.8) is 0 Å². The van der Waals surface area contributed by atoms with Gasteiger partial charge in [-0.1, -0.05) is 37.1 Å². The Kier molecular flexibility index (Phi) is 6.31. The van der Waals surface area contributed by atoms with Crippen LogP contribution in [0.3, 0.4) is 0 Å². The van der Waals surface area contributed by atoms with Gasteiger partial charge in [0.05, 0.1) is 0 Å². The maximum atomic E-state index is 9.13. The van der Waals surface area contributed by atoms with Gasteiger partial charge in [-0.05, 0) is 42.9 Å². The molecule has 2 radical (unpaired) electrons. The minimum atomic E-state index is -0.0893. The second kappa shape index (κ2) is 7.07. The van der Waals surface area contributed by atoms with Crippen LogP contribution in [0.5, 0.6) is 0 Å². The molecule has 2 N–H and O–H groups in total. The van der Waals surface area contributed by atoms with Crippen molar-refractivity contribution >= 4 is 40.4 Å². The van der Waals surface area contributed by atoms with E-state index in [1.807, 2.05) is 31.2 Å². The molecule has 100 valence electrons. The molecule has 1 aliphatic rings. The van der Waals surface area contributed by atoms with Crippen LogP contribution >= 0.6 is 11.6 Å². The quantitative estimate of drug-likeness (QED) is 0.633. The molecule has 0 bridgehead atoms. The Morgan fingerprint density at radius 2 is 1.95 bits per heavy atom. The SMILES string of the molecule is C[C@@H](CO)CC(=N)C1(c2ccc(Cl)cc2)CCC1.[Mg]. The number of aliphatic hydroxyl groups excluding tert-OH is 1. The summed E-state index contributed by atoms with van der Waals surface area (Å²) >= 11 is 5.92. The third-order valence-electron chi connectivity index (χ3n) is 4.05. The predicted octanol–water partition coefficient (Wildman–Crippen LogP) is 3.42. The van der Waals surface area contributed by atoms with Crippen LogP contribution in [0.1, 0.15) is 38.2 Å². The molecular formula is C15H20ClMgNO. The number of rotatable bonds is 5. The van der Waals surface area contributed by atoms with Gasteiger partial charge in [0.15, 0.2) is 0 Å². The predicted molar refractivity (Wildman–Crippen MR) is 81.3 cm³/mol. The lowest BCUT2D eigenvalue weighted by Gasteiger charge is -2.43. The van der Waals surface area contributed by atoms with Crippen molar-refractivity contribution in [1.82, 2.24) is 0 Å². The molecule has 19 heavy (non-hydrogen) atoms. The molecule has 0 amide bonds. The number of hydrogen-bond donors (Lipinski definition) is 2. The molecule has 1 atom stereocenters. The van der Waals surface area contributed by atoms with Crippen molar-refractivity contribution in [2.75, 3.05) is 6.61 Å². The molecule has 0 aromatic heterocycles. The van der Waals surface area contributed by atoms with E-state index in [4.69, 9.17) is 22.1 Å². The van der Waals surface area contributed by atoms with Crippen LogP contribution in [0.4, 0.5) is 0 Å². The van der Waals surface area contributed by atoms with Crippen molar-refractivity contribution in [3.8, 4) is 0 Å². The summed E-state index contributed by atoms with van der Waals surface area (Å²) in [5, 5.41) is 18.2. The van der Waals surface area contributed by atoms with Crippen molar-refractivity contribution in [1.29, 1.82) is 5.41 Å². The molecule has 4 heteroatoms. The Bertz CT molecular complexity index is 428. The summed E-state index contributed by atoms with van der Waals surface area (Å²) in [7, 11) is 0. The molecule has 0 saturated heterocycles. The average Bonchev–Trinajstić information content (AvgIpc) is 2.30. The Labute approximate surface area is 136 Å². The summed E-state index contributed by atoms with van der Waals surface area (Å²) in [6.07, 6.45) is 3.95. The Morgan fingerprint density at radius 1 is 1.37 bits per heavy atom. The summed E-state index contributed by atoms with van der Waals surface area (Å²) in [5.74, 6) is 0.169. The van der Waals surface area contributed by atoms with E-state index in [-0.39, 0.29) is 41.0 Å². The molecule has 1 aromatic rings. The summed E-state index contributed by atoms with van der Waals surface area (Å²) in [6.45, 7) is 2.14. The number of nitrogens with one attached hydrogen (secondary N) is 1. The first kappa shape index (κ1) is 17.0. The fourth-order valence-corrected chi connectivity index (χ4v) is 2.80. The van der Waals surface area contributed by atoms with Gasteiger partial charge in [-0.15, -0.1) is 0 Å².